The van der Waals surface area contributed by atoms with Crippen LogP contribution in [0.15, 0.2) is 24.5 Å². The van der Waals surface area contributed by atoms with E-state index < -0.39 is 9.84 Å². The van der Waals surface area contributed by atoms with E-state index in [0.29, 0.717) is 0 Å². The molecule has 0 aliphatic carbocycles. The van der Waals surface area contributed by atoms with Crippen LogP contribution in [0.3, 0.4) is 0 Å². The van der Waals surface area contributed by atoms with Crippen molar-refractivity contribution in [3.63, 3.8) is 0 Å². The quantitative estimate of drug-likeness (QED) is 0.847. The molecule has 1 unspecified atom stereocenters. The van der Waals surface area contributed by atoms with Crippen molar-refractivity contribution in [2.24, 2.45) is 0 Å². The van der Waals surface area contributed by atoms with Crippen molar-refractivity contribution in [3.8, 4) is 0 Å². The molecule has 0 N–H and O–H groups in total. The van der Waals surface area contributed by atoms with Crippen LogP contribution < -0.4 is 4.90 Å². The number of sulfone groups is 1. The highest BCUT2D eigenvalue weighted by molar-refractivity contribution is 7.91. The van der Waals surface area contributed by atoms with Crippen molar-refractivity contribution in [2.45, 2.75) is 26.8 Å². The Kier molecular flexibility index (Phi) is 4.46. The fourth-order valence-corrected chi connectivity index (χ4v) is 3.44. The van der Waals surface area contributed by atoms with Crippen molar-refractivity contribution in [3.05, 3.63) is 30.1 Å². The molecular weight excluding hydrogens is 286 g/mol. The van der Waals surface area contributed by atoms with Gasteiger partial charge in [-0.25, -0.2) is 18.4 Å². The van der Waals surface area contributed by atoms with Crippen molar-refractivity contribution < 1.29 is 8.42 Å². The number of anilines is 1. The normalized spacial score (nSPS) is 13.3. The Balaban J connectivity index is 2.39. The lowest BCUT2D eigenvalue weighted by Crippen LogP contribution is -2.36. The lowest BCUT2D eigenvalue weighted by Gasteiger charge is -2.26. The lowest BCUT2D eigenvalue weighted by molar-refractivity contribution is 0.588. The van der Waals surface area contributed by atoms with Gasteiger partial charge in [-0.05, 0) is 26.0 Å². The summed E-state index contributed by atoms with van der Waals surface area (Å²) >= 11 is 0. The van der Waals surface area contributed by atoms with Crippen molar-refractivity contribution >= 4 is 26.6 Å². The Morgan fingerprint density at radius 2 is 2.00 bits per heavy atom. The van der Waals surface area contributed by atoms with Crippen molar-refractivity contribution in [1.29, 1.82) is 0 Å². The Bertz CT molecular complexity index is 744. The molecule has 21 heavy (non-hydrogen) atoms. The number of aryl methyl sites for hydroxylation is 1. The molecule has 1 aromatic carbocycles. The SMILES string of the molecule is CCS(=O)(=O)CC(C)N(C)c1ncnc2ccc(C)cc12. The summed E-state index contributed by atoms with van der Waals surface area (Å²) in [5, 5.41) is 0.945. The first kappa shape index (κ1) is 15.7. The van der Waals surface area contributed by atoms with Gasteiger partial charge in [0.2, 0.25) is 0 Å². The maximum Gasteiger partial charge on any atom is 0.152 e. The average molecular weight is 307 g/mol. The molecule has 0 spiro atoms. The molecule has 0 amide bonds. The summed E-state index contributed by atoms with van der Waals surface area (Å²) < 4.78 is 23.6. The standard InChI is InChI=1S/C15H21N3O2S/c1-5-21(19,20)9-12(3)18(4)15-13-8-11(2)6-7-14(13)16-10-17-15/h6-8,10,12H,5,9H2,1-4H3. The smallest absolute Gasteiger partial charge is 0.152 e. The summed E-state index contributed by atoms with van der Waals surface area (Å²) in [6, 6.07) is 5.84. The van der Waals surface area contributed by atoms with Gasteiger partial charge >= 0.3 is 0 Å². The molecule has 5 nitrogen and oxygen atoms in total. The Labute approximate surface area is 125 Å². The van der Waals surface area contributed by atoms with E-state index in [1.165, 1.54) is 6.33 Å². The van der Waals surface area contributed by atoms with E-state index in [4.69, 9.17) is 0 Å². The number of hydrogen-bond acceptors (Lipinski definition) is 5. The van der Waals surface area contributed by atoms with E-state index in [-0.39, 0.29) is 17.5 Å². The molecule has 1 atom stereocenters. The molecule has 2 aromatic rings. The van der Waals surface area contributed by atoms with Crippen LogP contribution in [0, 0.1) is 6.92 Å². The molecule has 0 aliphatic heterocycles. The number of rotatable bonds is 5. The highest BCUT2D eigenvalue weighted by Crippen LogP contribution is 2.24. The zero-order valence-electron chi connectivity index (χ0n) is 12.9. The highest BCUT2D eigenvalue weighted by Gasteiger charge is 2.20. The number of aromatic nitrogens is 2. The molecule has 0 saturated heterocycles. The number of benzene rings is 1. The Morgan fingerprint density at radius 1 is 1.29 bits per heavy atom. The third-order valence-corrected chi connectivity index (χ3v) is 5.57. The van der Waals surface area contributed by atoms with E-state index in [2.05, 4.69) is 9.97 Å². The van der Waals surface area contributed by atoms with Gasteiger partial charge in [-0.15, -0.1) is 0 Å². The van der Waals surface area contributed by atoms with Crippen LogP contribution in [-0.2, 0) is 9.84 Å². The van der Waals surface area contributed by atoms with Gasteiger partial charge in [-0.3, -0.25) is 0 Å². The summed E-state index contributed by atoms with van der Waals surface area (Å²) in [4.78, 5) is 10.5. The second-order valence-corrected chi connectivity index (χ2v) is 7.77. The number of hydrogen-bond donors (Lipinski definition) is 0. The molecule has 0 fully saturated rings. The van der Waals surface area contributed by atoms with Crippen LogP contribution in [0.2, 0.25) is 0 Å². The maximum atomic E-state index is 11.8. The minimum absolute atomic E-state index is 0.122. The molecule has 0 aliphatic rings. The molecule has 6 heteroatoms. The van der Waals surface area contributed by atoms with E-state index in [1.807, 2.05) is 44.0 Å². The molecule has 2 rings (SSSR count). The topological polar surface area (TPSA) is 63.2 Å². The van der Waals surface area contributed by atoms with Gasteiger partial charge < -0.3 is 4.90 Å². The van der Waals surface area contributed by atoms with Gasteiger partial charge in [-0.1, -0.05) is 18.6 Å². The van der Waals surface area contributed by atoms with Crippen molar-refractivity contribution in [1.82, 2.24) is 9.97 Å². The Morgan fingerprint density at radius 3 is 2.67 bits per heavy atom. The first-order chi connectivity index (χ1) is 9.84. The van der Waals surface area contributed by atoms with E-state index in [9.17, 15) is 8.42 Å². The lowest BCUT2D eigenvalue weighted by atomic mass is 10.1. The van der Waals surface area contributed by atoms with E-state index in [1.54, 1.807) is 6.92 Å². The van der Waals surface area contributed by atoms with Gasteiger partial charge in [0, 0.05) is 24.2 Å². The maximum absolute atomic E-state index is 11.8. The monoisotopic (exact) mass is 307 g/mol. The third kappa shape index (κ3) is 3.50. The molecule has 0 saturated carbocycles. The minimum atomic E-state index is -3.02. The fourth-order valence-electron chi connectivity index (χ4n) is 2.24. The zero-order valence-corrected chi connectivity index (χ0v) is 13.7. The summed E-state index contributed by atoms with van der Waals surface area (Å²) in [5.74, 6) is 1.05. The van der Waals surface area contributed by atoms with Crippen LogP contribution in [0.5, 0.6) is 0 Å². The Hall–Kier alpha value is -1.69. The van der Waals surface area contributed by atoms with Crippen LogP contribution >= 0.6 is 0 Å². The predicted octanol–water partition coefficient (Wildman–Crippen LogP) is 2.20. The molecule has 114 valence electrons. The second-order valence-electron chi connectivity index (χ2n) is 5.38. The molecule has 0 radical (unpaired) electrons. The van der Waals surface area contributed by atoms with Gasteiger partial charge in [0.25, 0.3) is 0 Å². The summed E-state index contributed by atoms with van der Waals surface area (Å²) in [6.07, 6.45) is 1.52. The van der Waals surface area contributed by atoms with Gasteiger partial charge in [0.1, 0.15) is 12.1 Å². The van der Waals surface area contributed by atoms with Crippen molar-refractivity contribution in [2.75, 3.05) is 23.5 Å². The average Bonchev–Trinajstić information content (AvgIpc) is 2.45. The predicted molar refractivity (Wildman–Crippen MR) is 86.5 cm³/mol. The van der Waals surface area contributed by atoms with Gasteiger partial charge in [-0.2, -0.15) is 0 Å². The van der Waals surface area contributed by atoms with Crippen LogP contribution in [0.25, 0.3) is 10.9 Å². The first-order valence-corrected chi connectivity index (χ1v) is 8.81. The summed E-state index contributed by atoms with van der Waals surface area (Å²) in [5.41, 5.74) is 1.99. The second kappa shape index (κ2) is 5.97. The van der Waals surface area contributed by atoms with Gasteiger partial charge in [0.15, 0.2) is 9.84 Å². The van der Waals surface area contributed by atoms with Gasteiger partial charge in [0.05, 0.1) is 11.3 Å². The summed E-state index contributed by atoms with van der Waals surface area (Å²) in [7, 11) is -1.14. The van der Waals surface area contributed by atoms with Crippen LogP contribution in [0.4, 0.5) is 5.82 Å². The minimum Gasteiger partial charge on any atom is -0.355 e. The van der Waals surface area contributed by atoms with Crippen LogP contribution in [0.1, 0.15) is 19.4 Å². The number of nitrogens with zero attached hydrogens (tertiary/aromatic N) is 3. The number of fused-ring (bicyclic) bond motifs is 1. The zero-order chi connectivity index (χ0) is 15.6. The van der Waals surface area contributed by atoms with E-state index >= 15 is 0 Å². The van der Waals surface area contributed by atoms with Crippen LogP contribution in [-0.4, -0.2) is 43.0 Å². The van der Waals surface area contributed by atoms with E-state index in [0.717, 1.165) is 22.3 Å². The summed E-state index contributed by atoms with van der Waals surface area (Å²) in [6.45, 7) is 5.59. The molecule has 1 aromatic heterocycles. The highest BCUT2D eigenvalue weighted by atomic mass is 32.2. The fraction of sp³-hybridized carbons (Fsp3) is 0.467. The molecule has 1 heterocycles. The first-order valence-electron chi connectivity index (χ1n) is 6.98. The largest absolute Gasteiger partial charge is 0.355 e. The third-order valence-electron chi connectivity index (χ3n) is 3.70. The molecular formula is C15H21N3O2S. The molecule has 0 bridgehead atoms.